The summed E-state index contributed by atoms with van der Waals surface area (Å²) in [6.07, 6.45) is -8.37. The number of rotatable bonds is 6. The van der Waals surface area contributed by atoms with Gasteiger partial charge in [-0.2, -0.15) is 0 Å². The lowest BCUT2D eigenvalue weighted by atomic mass is 9.95. The molecule has 34 heavy (non-hydrogen) atoms. The van der Waals surface area contributed by atoms with Crippen molar-refractivity contribution in [2.24, 2.45) is 0 Å². The lowest BCUT2D eigenvalue weighted by Gasteiger charge is -2.40. The first kappa shape index (κ1) is 24.0. The molecule has 2 aromatic rings. The third-order valence-electron chi connectivity index (χ3n) is 5.84. The number of ketones is 1. The number of Topliss-reactive ketones (excluding diaryl/α,β-unsaturated/α-hetero) is 1. The van der Waals surface area contributed by atoms with E-state index in [2.05, 4.69) is 0 Å². The second-order valence-electron chi connectivity index (χ2n) is 7.98. The molecule has 1 fully saturated rings. The Bertz CT molecular complexity index is 1050. The van der Waals surface area contributed by atoms with Crippen LogP contribution in [-0.4, -0.2) is 82.8 Å². The van der Waals surface area contributed by atoms with Crippen molar-refractivity contribution < 1.29 is 54.0 Å². The maximum absolute atomic E-state index is 13.1. The van der Waals surface area contributed by atoms with Gasteiger partial charge in [0.05, 0.1) is 27.2 Å². The van der Waals surface area contributed by atoms with Crippen LogP contribution in [-0.2, 0) is 4.74 Å². The molecule has 11 nitrogen and oxygen atoms in total. The van der Waals surface area contributed by atoms with Crippen LogP contribution in [0.1, 0.15) is 28.4 Å². The number of ether oxygens (including phenoxy) is 5. The van der Waals surface area contributed by atoms with Gasteiger partial charge in [-0.1, -0.05) is 6.07 Å². The van der Waals surface area contributed by atoms with Crippen LogP contribution in [0.4, 0.5) is 0 Å². The first-order chi connectivity index (χ1) is 16.3. The zero-order chi connectivity index (χ0) is 24.6. The van der Waals surface area contributed by atoms with Gasteiger partial charge in [-0.25, -0.2) is 0 Å². The number of carbonyl (C=O) groups is 1. The number of fused-ring (bicyclic) bond motifs is 1. The monoisotopic (exact) mass is 478 g/mol. The molecular formula is C23H26O11. The van der Waals surface area contributed by atoms with Crippen LogP contribution in [0.15, 0.2) is 30.3 Å². The molecule has 0 radical (unpaired) electrons. The van der Waals surface area contributed by atoms with E-state index in [1.54, 1.807) is 18.2 Å². The molecule has 0 bridgehead atoms. The number of hydrogen-bond acceptors (Lipinski definition) is 11. The van der Waals surface area contributed by atoms with Crippen molar-refractivity contribution in [3.63, 3.8) is 0 Å². The number of carbonyl (C=O) groups excluding carboxylic acids is 1. The summed E-state index contributed by atoms with van der Waals surface area (Å²) in [5.41, 5.74) is 0.669. The average molecular weight is 478 g/mol. The second kappa shape index (κ2) is 9.65. The number of phenolic OH excluding ortho intramolecular Hbond substituents is 1. The fourth-order valence-corrected chi connectivity index (χ4v) is 4.03. The van der Waals surface area contributed by atoms with Gasteiger partial charge in [0.15, 0.2) is 17.3 Å². The summed E-state index contributed by atoms with van der Waals surface area (Å²) < 4.78 is 27.5. The van der Waals surface area contributed by atoms with Crippen LogP contribution in [0.2, 0.25) is 0 Å². The van der Waals surface area contributed by atoms with Crippen molar-refractivity contribution in [1.82, 2.24) is 0 Å². The average Bonchev–Trinajstić information content (AvgIpc) is 2.83. The van der Waals surface area contributed by atoms with Crippen LogP contribution in [0.25, 0.3) is 0 Å². The Labute approximate surface area is 194 Å². The lowest BCUT2D eigenvalue weighted by Crippen LogP contribution is -2.60. The fourth-order valence-electron chi connectivity index (χ4n) is 4.03. The van der Waals surface area contributed by atoms with Gasteiger partial charge in [0.25, 0.3) is 0 Å². The number of benzene rings is 2. The van der Waals surface area contributed by atoms with Crippen LogP contribution < -0.4 is 18.9 Å². The van der Waals surface area contributed by atoms with Crippen molar-refractivity contribution >= 4 is 5.78 Å². The van der Waals surface area contributed by atoms with Gasteiger partial charge in [-0.15, -0.1) is 0 Å². The smallest absolute Gasteiger partial charge is 0.229 e. The number of aliphatic hydroxyl groups excluding tert-OH is 4. The highest BCUT2D eigenvalue weighted by atomic mass is 16.7. The number of methoxy groups -OCH3 is 2. The predicted octanol–water partition coefficient (Wildman–Crippen LogP) is 0.295. The molecular weight excluding hydrogens is 452 g/mol. The molecule has 11 heteroatoms. The molecule has 0 aliphatic carbocycles. The van der Waals surface area contributed by atoms with Gasteiger partial charge in [-0.05, 0) is 17.7 Å². The highest BCUT2D eigenvalue weighted by Crippen LogP contribution is 2.44. The molecule has 0 saturated carbocycles. The number of hydrogen-bond donors (Lipinski definition) is 5. The summed E-state index contributed by atoms with van der Waals surface area (Å²) in [6, 6.07) is 7.53. The molecule has 0 aromatic heterocycles. The molecule has 1 saturated heterocycles. The zero-order valence-corrected chi connectivity index (χ0v) is 18.5. The maximum atomic E-state index is 13.1. The van der Waals surface area contributed by atoms with Crippen molar-refractivity contribution in [2.45, 2.75) is 43.2 Å². The number of aromatic hydroxyl groups is 1. The Balaban J connectivity index is 1.63. The normalized spacial score (nSPS) is 28.6. The van der Waals surface area contributed by atoms with Crippen molar-refractivity contribution in [3.8, 4) is 28.7 Å². The maximum Gasteiger partial charge on any atom is 0.229 e. The van der Waals surface area contributed by atoms with Crippen molar-refractivity contribution in [3.05, 3.63) is 41.5 Å². The third-order valence-corrected chi connectivity index (χ3v) is 5.84. The summed E-state index contributed by atoms with van der Waals surface area (Å²) in [6.45, 7) is -0.641. The van der Waals surface area contributed by atoms with E-state index in [9.17, 15) is 30.3 Å². The summed E-state index contributed by atoms with van der Waals surface area (Å²) in [4.78, 5) is 13.1. The Morgan fingerprint density at radius 1 is 0.971 bits per heavy atom. The molecule has 0 amide bonds. The molecule has 2 heterocycles. The van der Waals surface area contributed by atoms with E-state index < -0.39 is 43.4 Å². The Morgan fingerprint density at radius 3 is 2.38 bits per heavy atom. The highest BCUT2D eigenvalue weighted by molar-refractivity contribution is 6.02. The summed E-state index contributed by atoms with van der Waals surface area (Å²) >= 11 is 0. The Morgan fingerprint density at radius 2 is 1.71 bits per heavy atom. The van der Waals surface area contributed by atoms with Crippen LogP contribution in [0.5, 0.6) is 28.7 Å². The summed E-state index contributed by atoms with van der Waals surface area (Å²) in [5, 5.41) is 49.8. The molecule has 5 N–H and O–H groups in total. The second-order valence-corrected chi connectivity index (χ2v) is 7.98. The van der Waals surface area contributed by atoms with E-state index in [4.69, 9.17) is 23.7 Å². The molecule has 0 spiro atoms. The molecule has 184 valence electrons. The van der Waals surface area contributed by atoms with Gasteiger partial charge < -0.3 is 49.2 Å². The first-order valence-corrected chi connectivity index (χ1v) is 10.5. The van der Waals surface area contributed by atoms with E-state index in [1.807, 2.05) is 0 Å². The van der Waals surface area contributed by atoms with E-state index in [1.165, 1.54) is 20.3 Å². The van der Waals surface area contributed by atoms with E-state index >= 15 is 0 Å². The molecule has 2 aromatic carbocycles. The lowest BCUT2D eigenvalue weighted by molar-refractivity contribution is -0.277. The third kappa shape index (κ3) is 4.36. The van der Waals surface area contributed by atoms with Gasteiger partial charge in [0, 0.05) is 12.1 Å². The zero-order valence-electron chi connectivity index (χ0n) is 18.5. The molecule has 2 aliphatic rings. The SMILES string of the molecule is COc1ccc([C@H]2CC(=O)c3c(O[C@@H]4O[C@H](CO)[C@@H](O)[C@H](O)[C@H]4O)cc(O)cc3O2)cc1OC. The highest BCUT2D eigenvalue weighted by Gasteiger charge is 2.45. The van der Waals surface area contributed by atoms with E-state index in [0.717, 1.165) is 6.07 Å². The van der Waals surface area contributed by atoms with Crippen molar-refractivity contribution in [2.75, 3.05) is 20.8 Å². The van der Waals surface area contributed by atoms with Gasteiger partial charge in [0.1, 0.15) is 53.3 Å². The van der Waals surface area contributed by atoms with Gasteiger partial charge in [0.2, 0.25) is 6.29 Å². The largest absolute Gasteiger partial charge is 0.508 e. The summed E-state index contributed by atoms with van der Waals surface area (Å²) in [7, 11) is 3.00. The standard InChI is InChI=1S/C23H26O11/c1-30-13-4-3-10(5-15(13)31-2)14-8-12(26)19-16(32-14)6-11(25)7-17(19)33-23-22(29)21(28)20(27)18(9-24)34-23/h3-7,14,18,20-25,27-29H,8-9H2,1-2H3/t14-,18-,20-,21+,22-,23-/m1/s1. The minimum atomic E-state index is -1.69. The molecule has 6 atom stereocenters. The van der Waals surface area contributed by atoms with Crippen LogP contribution >= 0.6 is 0 Å². The minimum absolute atomic E-state index is 0.0199. The minimum Gasteiger partial charge on any atom is -0.508 e. The van der Waals surface area contributed by atoms with Crippen LogP contribution in [0, 0.1) is 0 Å². The topological polar surface area (TPSA) is 164 Å². The fraction of sp³-hybridized carbons (Fsp3) is 0.435. The molecule has 4 rings (SSSR count). The Hall–Kier alpha value is -3.09. The van der Waals surface area contributed by atoms with Gasteiger partial charge >= 0.3 is 0 Å². The van der Waals surface area contributed by atoms with Crippen molar-refractivity contribution in [1.29, 1.82) is 0 Å². The molecule has 0 unspecified atom stereocenters. The van der Waals surface area contributed by atoms with E-state index in [-0.39, 0.29) is 35.0 Å². The van der Waals surface area contributed by atoms with E-state index in [0.29, 0.717) is 17.1 Å². The first-order valence-electron chi connectivity index (χ1n) is 10.5. The summed E-state index contributed by atoms with van der Waals surface area (Å²) in [5.74, 6) is 0.247. The van der Waals surface area contributed by atoms with Gasteiger partial charge in [-0.3, -0.25) is 4.79 Å². The number of aliphatic hydroxyl groups is 4. The van der Waals surface area contributed by atoms with Crippen LogP contribution in [0.3, 0.4) is 0 Å². The molecule has 2 aliphatic heterocycles. The Kier molecular flexibility index (Phi) is 6.82. The number of phenols is 1. The quantitative estimate of drug-likeness (QED) is 0.388. The predicted molar refractivity (Wildman–Crippen MR) is 114 cm³/mol.